The van der Waals surface area contributed by atoms with Gasteiger partial charge in [0, 0.05) is 13.1 Å². The van der Waals surface area contributed by atoms with Crippen LogP contribution in [-0.2, 0) is 17.9 Å². The zero-order chi connectivity index (χ0) is 15.2. The van der Waals surface area contributed by atoms with Gasteiger partial charge in [0.2, 0.25) is 0 Å². The average molecular weight is 287 g/mol. The van der Waals surface area contributed by atoms with Gasteiger partial charge in [-0.2, -0.15) is 0 Å². The van der Waals surface area contributed by atoms with Crippen molar-refractivity contribution in [3.05, 3.63) is 71.0 Å². The molecule has 0 heterocycles. The van der Waals surface area contributed by atoms with Crippen molar-refractivity contribution in [2.24, 2.45) is 0 Å². The Hall–Kier alpha value is -2.20. The van der Waals surface area contributed by atoms with Crippen molar-refractivity contribution in [3.63, 3.8) is 0 Å². The van der Waals surface area contributed by atoms with Gasteiger partial charge >= 0.3 is 5.97 Å². The minimum absolute atomic E-state index is 0.234. The lowest BCUT2D eigenvalue weighted by Crippen LogP contribution is -2.13. The largest absolute Gasteiger partial charge is 0.481 e. The van der Waals surface area contributed by atoms with Crippen LogP contribution in [0.25, 0.3) is 0 Å². The molecule has 0 fully saturated rings. The van der Waals surface area contributed by atoms with Crippen LogP contribution in [0.15, 0.2) is 48.5 Å². The number of hydrogen-bond acceptors (Lipinski definition) is 2. The molecule has 0 radical (unpaired) electrons. The molecule has 2 N–H and O–H groups in total. The van der Waals surface area contributed by atoms with Gasteiger partial charge in [0.25, 0.3) is 0 Å². The van der Waals surface area contributed by atoms with Gasteiger partial charge in [0.05, 0.1) is 5.92 Å². The Morgan fingerprint density at radius 2 is 1.52 bits per heavy atom. The highest BCUT2D eigenvalue weighted by Gasteiger charge is 2.12. The van der Waals surface area contributed by atoms with Crippen LogP contribution in [0.3, 0.4) is 0 Å². The molecule has 2 aromatic carbocycles. The molecule has 0 saturated heterocycles. The summed E-state index contributed by atoms with van der Waals surface area (Å²) in [6.45, 7) is 3.01. The maximum Gasteiger partial charge on any atom is 0.310 e. The Labute approximate surface area is 123 Å². The van der Waals surface area contributed by atoms with Crippen molar-refractivity contribution >= 4 is 5.97 Å². The lowest BCUT2D eigenvalue weighted by molar-refractivity contribution is -0.138. The second-order valence-electron chi connectivity index (χ2n) is 5.03. The van der Waals surface area contributed by atoms with E-state index in [2.05, 4.69) is 5.32 Å². The topological polar surface area (TPSA) is 49.3 Å². The molecule has 2 aromatic rings. The first-order valence-corrected chi connectivity index (χ1v) is 6.83. The molecule has 0 bridgehead atoms. The van der Waals surface area contributed by atoms with E-state index in [-0.39, 0.29) is 5.82 Å². The van der Waals surface area contributed by atoms with Gasteiger partial charge in [-0.05, 0) is 35.7 Å². The standard InChI is InChI=1S/C17H18FNO2/c1-12(17(20)21)15-6-2-13(3-7-15)10-19-11-14-4-8-16(18)9-5-14/h2-9,12,19H,10-11H2,1H3,(H,20,21). The Bertz CT molecular complexity index is 593. The van der Waals surface area contributed by atoms with Gasteiger partial charge in [-0.15, -0.1) is 0 Å². The van der Waals surface area contributed by atoms with E-state index < -0.39 is 11.9 Å². The van der Waals surface area contributed by atoms with Crippen LogP contribution < -0.4 is 5.32 Å². The molecule has 0 spiro atoms. The lowest BCUT2D eigenvalue weighted by atomic mass is 10.00. The molecular formula is C17H18FNO2. The minimum atomic E-state index is -0.822. The zero-order valence-corrected chi connectivity index (χ0v) is 11.8. The van der Waals surface area contributed by atoms with E-state index in [4.69, 9.17) is 5.11 Å². The number of halogens is 1. The van der Waals surface area contributed by atoms with E-state index in [1.54, 1.807) is 19.1 Å². The predicted octanol–water partition coefficient (Wildman–Crippen LogP) is 3.30. The van der Waals surface area contributed by atoms with E-state index in [9.17, 15) is 9.18 Å². The van der Waals surface area contributed by atoms with E-state index in [1.165, 1.54) is 12.1 Å². The molecule has 0 aliphatic rings. The third-order valence-electron chi connectivity index (χ3n) is 3.42. The summed E-state index contributed by atoms with van der Waals surface area (Å²) in [5.41, 5.74) is 2.90. The molecule has 4 heteroatoms. The molecule has 0 aliphatic heterocycles. The zero-order valence-electron chi connectivity index (χ0n) is 11.8. The van der Waals surface area contributed by atoms with E-state index >= 15 is 0 Å². The fraction of sp³-hybridized carbons (Fsp3) is 0.235. The predicted molar refractivity (Wildman–Crippen MR) is 79.4 cm³/mol. The maximum absolute atomic E-state index is 12.8. The molecular weight excluding hydrogens is 269 g/mol. The quantitative estimate of drug-likeness (QED) is 0.857. The molecule has 2 rings (SSSR count). The average Bonchev–Trinajstić information content (AvgIpc) is 2.49. The molecule has 21 heavy (non-hydrogen) atoms. The summed E-state index contributed by atoms with van der Waals surface area (Å²) in [5, 5.41) is 12.2. The van der Waals surface area contributed by atoms with Crippen LogP contribution in [0.1, 0.15) is 29.5 Å². The van der Waals surface area contributed by atoms with Crippen molar-refractivity contribution in [2.75, 3.05) is 0 Å². The number of aliphatic carboxylic acids is 1. The number of carbonyl (C=O) groups is 1. The van der Waals surface area contributed by atoms with Gasteiger partial charge in [-0.3, -0.25) is 4.79 Å². The SMILES string of the molecule is CC(C(=O)O)c1ccc(CNCc2ccc(F)cc2)cc1. The number of hydrogen-bond donors (Lipinski definition) is 2. The molecule has 0 amide bonds. The first-order chi connectivity index (χ1) is 10.1. The second-order valence-corrected chi connectivity index (χ2v) is 5.03. The van der Waals surface area contributed by atoms with Crippen LogP contribution in [-0.4, -0.2) is 11.1 Å². The molecule has 1 unspecified atom stereocenters. The van der Waals surface area contributed by atoms with Crippen LogP contribution in [0.4, 0.5) is 4.39 Å². The summed E-state index contributed by atoms with van der Waals surface area (Å²) in [7, 11) is 0. The third kappa shape index (κ3) is 4.39. The normalized spacial score (nSPS) is 12.1. The van der Waals surface area contributed by atoms with Crippen molar-refractivity contribution in [3.8, 4) is 0 Å². The molecule has 3 nitrogen and oxygen atoms in total. The Balaban J connectivity index is 1.86. The van der Waals surface area contributed by atoms with Crippen LogP contribution >= 0.6 is 0 Å². The molecule has 0 aromatic heterocycles. The maximum atomic E-state index is 12.8. The van der Waals surface area contributed by atoms with Gasteiger partial charge in [0.1, 0.15) is 5.82 Å². The number of rotatable bonds is 6. The van der Waals surface area contributed by atoms with Crippen molar-refractivity contribution in [1.82, 2.24) is 5.32 Å². The Kier molecular flexibility index (Phi) is 5.06. The Morgan fingerprint density at radius 1 is 1.05 bits per heavy atom. The smallest absolute Gasteiger partial charge is 0.310 e. The van der Waals surface area contributed by atoms with Crippen LogP contribution in [0.5, 0.6) is 0 Å². The lowest BCUT2D eigenvalue weighted by Gasteiger charge is -2.09. The van der Waals surface area contributed by atoms with Crippen LogP contribution in [0, 0.1) is 5.82 Å². The number of nitrogens with one attached hydrogen (secondary N) is 1. The summed E-state index contributed by atoms with van der Waals surface area (Å²) in [5.74, 6) is -1.55. The van der Waals surface area contributed by atoms with Crippen molar-refractivity contribution in [2.45, 2.75) is 25.9 Å². The fourth-order valence-corrected chi connectivity index (χ4v) is 2.02. The number of carboxylic acids is 1. The first-order valence-electron chi connectivity index (χ1n) is 6.83. The highest BCUT2D eigenvalue weighted by molar-refractivity contribution is 5.75. The summed E-state index contributed by atoms with van der Waals surface area (Å²) >= 11 is 0. The highest BCUT2D eigenvalue weighted by Crippen LogP contribution is 2.16. The van der Waals surface area contributed by atoms with Crippen LogP contribution in [0.2, 0.25) is 0 Å². The molecule has 1 atom stereocenters. The van der Waals surface area contributed by atoms with Gasteiger partial charge in [0.15, 0.2) is 0 Å². The third-order valence-corrected chi connectivity index (χ3v) is 3.42. The number of carboxylic acid groups (broad SMARTS) is 1. The summed E-state index contributed by atoms with van der Waals surface area (Å²) in [6.07, 6.45) is 0. The van der Waals surface area contributed by atoms with E-state index in [0.29, 0.717) is 13.1 Å². The van der Waals surface area contributed by atoms with Crippen molar-refractivity contribution < 1.29 is 14.3 Å². The molecule has 110 valence electrons. The van der Waals surface area contributed by atoms with Gasteiger partial charge in [-0.25, -0.2) is 4.39 Å². The van der Waals surface area contributed by atoms with Gasteiger partial charge in [-0.1, -0.05) is 36.4 Å². The fourth-order valence-electron chi connectivity index (χ4n) is 2.02. The molecule has 0 aliphatic carbocycles. The second kappa shape index (κ2) is 6.99. The van der Waals surface area contributed by atoms with E-state index in [0.717, 1.165) is 16.7 Å². The monoisotopic (exact) mass is 287 g/mol. The van der Waals surface area contributed by atoms with E-state index in [1.807, 2.05) is 24.3 Å². The summed E-state index contributed by atoms with van der Waals surface area (Å²) in [4.78, 5) is 10.9. The minimum Gasteiger partial charge on any atom is -0.481 e. The first kappa shape index (κ1) is 15.2. The highest BCUT2D eigenvalue weighted by atomic mass is 19.1. The number of benzene rings is 2. The summed E-state index contributed by atoms with van der Waals surface area (Å²) < 4.78 is 12.8. The summed E-state index contributed by atoms with van der Waals surface area (Å²) in [6, 6.07) is 13.9. The molecule has 0 saturated carbocycles. The van der Waals surface area contributed by atoms with Crippen molar-refractivity contribution in [1.29, 1.82) is 0 Å². The van der Waals surface area contributed by atoms with Gasteiger partial charge < -0.3 is 10.4 Å². The Morgan fingerprint density at radius 3 is 2.00 bits per heavy atom.